The van der Waals surface area contributed by atoms with E-state index in [0.29, 0.717) is 39.1 Å². The molecule has 1 aliphatic heterocycles. The van der Waals surface area contributed by atoms with Gasteiger partial charge >= 0.3 is 6.03 Å². The quantitative estimate of drug-likeness (QED) is 0.796. The smallest absolute Gasteiger partial charge is 0.317 e. The molecule has 1 N–H and O–H groups in total. The van der Waals surface area contributed by atoms with Crippen molar-refractivity contribution in [2.24, 2.45) is 0 Å². The number of nitrogens with zero attached hydrogens (tertiary/aromatic N) is 2. The third-order valence-electron chi connectivity index (χ3n) is 5.16. The minimum atomic E-state index is -0.111. The van der Waals surface area contributed by atoms with Crippen molar-refractivity contribution < 1.29 is 14.3 Å². The molecule has 2 aromatic carbocycles. The largest absolute Gasteiger partial charge is 0.491 e. The predicted molar refractivity (Wildman–Crippen MR) is 117 cm³/mol. The fraction of sp³-hybridized carbons (Fsp3) is 0.417. The Balaban J connectivity index is 1.46. The summed E-state index contributed by atoms with van der Waals surface area (Å²) in [6.07, 6.45) is 0.478. The van der Waals surface area contributed by atoms with Crippen LogP contribution in [0.25, 0.3) is 0 Å². The van der Waals surface area contributed by atoms with Gasteiger partial charge in [-0.15, -0.1) is 0 Å². The third kappa shape index (κ3) is 5.99. The fourth-order valence-corrected chi connectivity index (χ4v) is 3.45. The number of para-hydroxylation sites is 1. The van der Waals surface area contributed by atoms with Crippen LogP contribution in [0.1, 0.15) is 30.5 Å². The molecule has 0 aliphatic carbocycles. The Morgan fingerprint density at radius 2 is 1.60 bits per heavy atom. The number of nitrogens with one attached hydrogen (secondary N) is 1. The number of hydrogen-bond acceptors (Lipinski definition) is 3. The van der Waals surface area contributed by atoms with E-state index in [9.17, 15) is 9.59 Å². The van der Waals surface area contributed by atoms with Gasteiger partial charge in [-0.2, -0.15) is 0 Å². The van der Waals surface area contributed by atoms with E-state index in [2.05, 4.69) is 5.32 Å². The van der Waals surface area contributed by atoms with Crippen LogP contribution in [0, 0.1) is 6.92 Å². The lowest BCUT2D eigenvalue weighted by Gasteiger charge is -2.34. The van der Waals surface area contributed by atoms with Gasteiger partial charge in [0.2, 0.25) is 5.91 Å². The van der Waals surface area contributed by atoms with Gasteiger partial charge in [0, 0.05) is 38.3 Å². The van der Waals surface area contributed by atoms with Crippen molar-refractivity contribution in [2.45, 2.75) is 39.8 Å². The summed E-state index contributed by atoms with van der Waals surface area (Å²) in [6.45, 7) is 8.60. The fourth-order valence-electron chi connectivity index (χ4n) is 3.45. The van der Waals surface area contributed by atoms with E-state index in [1.807, 2.05) is 74.2 Å². The standard InChI is InChI=1S/C24H31N3O3/c1-18(2)30-22-7-5-4-6-21(22)17-25-24(29)27-14-12-26(13-15-27)23(28)16-20-10-8-19(3)9-11-20/h4-11,18H,12-17H2,1-3H3,(H,25,29). The summed E-state index contributed by atoms with van der Waals surface area (Å²) in [5.41, 5.74) is 3.16. The zero-order chi connectivity index (χ0) is 21.5. The summed E-state index contributed by atoms with van der Waals surface area (Å²) in [7, 11) is 0. The van der Waals surface area contributed by atoms with E-state index in [-0.39, 0.29) is 18.0 Å². The number of benzene rings is 2. The Morgan fingerprint density at radius 1 is 0.967 bits per heavy atom. The maximum atomic E-state index is 12.6. The van der Waals surface area contributed by atoms with Crippen LogP contribution in [0.4, 0.5) is 4.79 Å². The molecular weight excluding hydrogens is 378 g/mol. The first-order valence-electron chi connectivity index (χ1n) is 10.5. The average Bonchev–Trinajstić information content (AvgIpc) is 2.74. The van der Waals surface area contributed by atoms with E-state index in [0.717, 1.165) is 16.9 Å². The summed E-state index contributed by atoms with van der Waals surface area (Å²) < 4.78 is 5.81. The molecule has 160 valence electrons. The normalized spacial score (nSPS) is 14.0. The molecule has 1 fully saturated rings. The van der Waals surface area contributed by atoms with Gasteiger partial charge in [0.05, 0.1) is 12.5 Å². The maximum Gasteiger partial charge on any atom is 0.317 e. The summed E-state index contributed by atoms with van der Waals surface area (Å²) >= 11 is 0. The average molecular weight is 410 g/mol. The van der Waals surface area contributed by atoms with E-state index in [4.69, 9.17) is 4.74 Å². The molecule has 1 aliphatic rings. The number of carbonyl (C=O) groups excluding carboxylic acids is 2. The van der Waals surface area contributed by atoms with Gasteiger partial charge in [-0.3, -0.25) is 4.79 Å². The van der Waals surface area contributed by atoms with Crippen LogP contribution in [0.5, 0.6) is 5.75 Å². The van der Waals surface area contributed by atoms with Crippen LogP contribution >= 0.6 is 0 Å². The molecule has 6 nitrogen and oxygen atoms in total. The first-order chi connectivity index (χ1) is 14.4. The van der Waals surface area contributed by atoms with E-state index in [1.54, 1.807) is 4.90 Å². The number of urea groups is 1. The minimum Gasteiger partial charge on any atom is -0.491 e. The molecule has 0 aromatic heterocycles. The van der Waals surface area contributed by atoms with Gasteiger partial charge in [-0.1, -0.05) is 48.0 Å². The molecule has 0 unspecified atom stereocenters. The molecule has 3 rings (SSSR count). The van der Waals surface area contributed by atoms with Crippen molar-refractivity contribution in [2.75, 3.05) is 26.2 Å². The molecular formula is C24H31N3O3. The van der Waals surface area contributed by atoms with Gasteiger partial charge in [-0.25, -0.2) is 4.79 Å². The van der Waals surface area contributed by atoms with Crippen molar-refractivity contribution in [3.05, 3.63) is 65.2 Å². The predicted octanol–water partition coefficient (Wildman–Crippen LogP) is 3.38. The number of hydrogen-bond donors (Lipinski definition) is 1. The van der Waals surface area contributed by atoms with Crippen molar-refractivity contribution in [1.82, 2.24) is 15.1 Å². The first kappa shape index (κ1) is 21.7. The topological polar surface area (TPSA) is 61.9 Å². The number of carbonyl (C=O) groups is 2. The number of amides is 3. The second kappa shape index (κ2) is 10.1. The third-order valence-corrected chi connectivity index (χ3v) is 5.16. The monoisotopic (exact) mass is 409 g/mol. The second-order valence-corrected chi connectivity index (χ2v) is 7.96. The Bertz CT molecular complexity index is 856. The molecule has 0 atom stereocenters. The molecule has 0 spiro atoms. The van der Waals surface area contributed by atoms with Gasteiger partial charge in [0.25, 0.3) is 0 Å². The number of aryl methyl sites for hydroxylation is 1. The highest BCUT2D eigenvalue weighted by atomic mass is 16.5. The highest BCUT2D eigenvalue weighted by molar-refractivity contribution is 5.79. The van der Waals surface area contributed by atoms with Crippen LogP contribution < -0.4 is 10.1 Å². The van der Waals surface area contributed by atoms with Crippen LogP contribution in [-0.2, 0) is 17.8 Å². The van der Waals surface area contributed by atoms with Crippen molar-refractivity contribution >= 4 is 11.9 Å². The van der Waals surface area contributed by atoms with Gasteiger partial charge in [0.15, 0.2) is 0 Å². The van der Waals surface area contributed by atoms with Crippen LogP contribution in [0.3, 0.4) is 0 Å². The highest BCUT2D eigenvalue weighted by Crippen LogP contribution is 2.19. The van der Waals surface area contributed by atoms with Gasteiger partial charge in [-0.05, 0) is 32.4 Å². The molecule has 0 bridgehead atoms. The molecule has 0 saturated carbocycles. The number of ether oxygens (including phenoxy) is 1. The zero-order valence-electron chi connectivity index (χ0n) is 18.1. The Labute approximate surface area is 178 Å². The number of rotatable bonds is 6. The molecule has 0 radical (unpaired) electrons. The number of piperazine rings is 1. The SMILES string of the molecule is Cc1ccc(CC(=O)N2CCN(C(=O)NCc3ccccc3OC(C)C)CC2)cc1. The minimum absolute atomic E-state index is 0.0763. The lowest BCUT2D eigenvalue weighted by atomic mass is 10.1. The molecule has 3 amide bonds. The molecule has 6 heteroatoms. The summed E-state index contributed by atoms with van der Waals surface area (Å²) in [5.74, 6) is 0.901. The molecule has 2 aromatic rings. The van der Waals surface area contributed by atoms with E-state index >= 15 is 0 Å². The lowest BCUT2D eigenvalue weighted by Crippen LogP contribution is -2.53. The first-order valence-corrected chi connectivity index (χ1v) is 10.5. The zero-order valence-corrected chi connectivity index (χ0v) is 18.1. The Kier molecular flexibility index (Phi) is 7.33. The van der Waals surface area contributed by atoms with Crippen molar-refractivity contribution in [3.8, 4) is 5.75 Å². The van der Waals surface area contributed by atoms with E-state index in [1.165, 1.54) is 5.56 Å². The lowest BCUT2D eigenvalue weighted by molar-refractivity contribution is -0.131. The Morgan fingerprint density at radius 3 is 2.27 bits per heavy atom. The molecule has 30 heavy (non-hydrogen) atoms. The van der Waals surface area contributed by atoms with Crippen LogP contribution in [0.15, 0.2) is 48.5 Å². The highest BCUT2D eigenvalue weighted by Gasteiger charge is 2.24. The molecule has 1 saturated heterocycles. The molecule has 1 heterocycles. The van der Waals surface area contributed by atoms with Crippen molar-refractivity contribution in [3.63, 3.8) is 0 Å². The van der Waals surface area contributed by atoms with Crippen LogP contribution in [-0.4, -0.2) is 54.0 Å². The Hall–Kier alpha value is -3.02. The second-order valence-electron chi connectivity index (χ2n) is 7.96. The summed E-state index contributed by atoms with van der Waals surface area (Å²) in [5, 5.41) is 2.98. The van der Waals surface area contributed by atoms with Gasteiger partial charge < -0.3 is 19.9 Å². The van der Waals surface area contributed by atoms with Crippen molar-refractivity contribution in [1.29, 1.82) is 0 Å². The van der Waals surface area contributed by atoms with E-state index < -0.39 is 0 Å². The van der Waals surface area contributed by atoms with Gasteiger partial charge in [0.1, 0.15) is 5.75 Å². The maximum absolute atomic E-state index is 12.6. The van der Waals surface area contributed by atoms with Crippen LogP contribution in [0.2, 0.25) is 0 Å². The summed E-state index contributed by atoms with van der Waals surface area (Å²) in [4.78, 5) is 28.7. The summed E-state index contributed by atoms with van der Waals surface area (Å²) in [6, 6.07) is 15.7.